The van der Waals surface area contributed by atoms with E-state index in [1.807, 2.05) is 31.2 Å². The van der Waals surface area contributed by atoms with Crippen LogP contribution in [0.2, 0.25) is 0 Å². The quantitative estimate of drug-likeness (QED) is 0.433. The van der Waals surface area contributed by atoms with Gasteiger partial charge in [-0.3, -0.25) is 0 Å². The van der Waals surface area contributed by atoms with Crippen LogP contribution in [0.25, 0.3) is 0 Å². The average molecular weight is 479 g/mol. The number of carboxylic acid groups (broad SMARTS) is 1. The second kappa shape index (κ2) is 10.9. The molecule has 0 unspecified atom stereocenters. The first-order valence-corrected chi connectivity index (χ1v) is 11.7. The van der Waals surface area contributed by atoms with E-state index in [-0.39, 0.29) is 6.61 Å². The van der Waals surface area contributed by atoms with E-state index in [0.29, 0.717) is 5.75 Å². The van der Waals surface area contributed by atoms with Gasteiger partial charge in [0.25, 0.3) is 0 Å². The van der Waals surface area contributed by atoms with E-state index in [1.165, 1.54) is 32.1 Å². The van der Waals surface area contributed by atoms with E-state index in [1.54, 1.807) is 11.8 Å². The van der Waals surface area contributed by atoms with Gasteiger partial charge in [0, 0.05) is 14.3 Å². The molecule has 1 N–H and O–H groups in total. The first-order chi connectivity index (χ1) is 14.0. The van der Waals surface area contributed by atoms with Gasteiger partial charge in [-0.05, 0) is 61.2 Å². The third-order valence-electron chi connectivity index (χ3n) is 5.10. The number of carbonyl (C=O) groups is 1. The van der Waals surface area contributed by atoms with Crippen LogP contribution in [0.4, 0.5) is 0 Å². The molecule has 0 spiro atoms. The molecule has 0 radical (unpaired) electrons. The summed E-state index contributed by atoms with van der Waals surface area (Å²) < 4.78 is 12.3. The predicted octanol–water partition coefficient (Wildman–Crippen LogP) is 6.72. The first-order valence-electron chi connectivity index (χ1n) is 10.1. The maximum absolute atomic E-state index is 10.7. The zero-order valence-electron chi connectivity index (χ0n) is 16.7. The predicted molar refractivity (Wildman–Crippen MR) is 119 cm³/mol. The summed E-state index contributed by atoms with van der Waals surface area (Å²) in [5.74, 6) is 1.32. The second-order valence-electron chi connectivity index (χ2n) is 7.48. The molecule has 0 heterocycles. The van der Waals surface area contributed by atoms with Crippen molar-refractivity contribution in [1.82, 2.24) is 0 Å². The number of benzene rings is 2. The van der Waals surface area contributed by atoms with Gasteiger partial charge in [0.05, 0.1) is 6.61 Å². The van der Waals surface area contributed by atoms with Crippen LogP contribution in [-0.4, -0.2) is 24.3 Å². The average Bonchev–Trinajstić information content (AvgIpc) is 2.68. The lowest BCUT2D eigenvalue weighted by Gasteiger charge is -2.21. The lowest BCUT2D eigenvalue weighted by Crippen LogP contribution is -2.10. The fraction of sp³-hybridized carbons (Fsp3) is 0.435. The third-order valence-corrected chi connectivity index (χ3v) is 6.52. The Morgan fingerprint density at radius 1 is 1.10 bits per heavy atom. The largest absolute Gasteiger partial charge is 0.494 e. The monoisotopic (exact) mass is 478 g/mol. The highest BCUT2D eigenvalue weighted by Crippen LogP contribution is 2.35. The summed E-state index contributed by atoms with van der Waals surface area (Å²) in [5.41, 5.74) is 0.912. The van der Waals surface area contributed by atoms with Crippen molar-refractivity contribution in [3.8, 4) is 11.5 Å². The van der Waals surface area contributed by atoms with Crippen molar-refractivity contribution < 1.29 is 19.4 Å². The van der Waals surface area contributed by atoms with Gasteiger partial charge < -0.3 is 14.6 Å². The van der Waals surface area contributed by atoms with Crippen molar-refractivity contribution >= 4 is 33.7 Å². The summed E-state index contributed by atoms with van der Waals surface area (Å²) >= 11 is 5.23. The molecule has 0 saturated heterocycles. The molecule has 6 heteroatoms. The van der Waals surface area contributed by atoms with Crippen LogP contribution in [0.1, 0.15) is 44.1 Å². The Balaban J connectivity index is 1.59. The first kappa shape index (κ1) is 22.0. The molecule has 0 bridgehead atoms. The molecule has 1 saturated carbocycles. The molecule has 0 amide bonds. The molecule has 1 aliphatic carbocycles. The molecular formula is C23H27BrO4S. The van der Waals surface area contributed by atoms with Gasteiger partial charge in [-0.1, -0.05) is 59.8 Å². The summed E-state index contributed by atoms with van der Waals surface area (Å²) in [6.07, 6.45) is 7.93. The van der Waals surface area contributed by atoms with Crippen LogP contribution in [0.15, 0.2) is 50.7 Å². The smallest absolute Gasteiger partial charge is 0.341 e. The van der Waals surface area contributed by atoms with Gasteiger partial charge in [-0.15, -0.1) is 0 Å². The highest BCUT2D eigenvalue weighted by Gasteiger charge is 2.13. The number of aryl methyl sites for hydroxylation is 1. The van der Waals surface area contributed by atoms with Gasteiger partial charge in [0.2, 0.25) is 0 Å². The maximum Gasteiger partial charge on any atom is 0.341 e. The molecular weight excluding hydrogens is 452 g/mol. The van der Waals surface area contributed by atoms with E-state index < -0.39 is 5.97 Å². The standard InChI is InChI=1S/C23H27BrO4S/c1-16-11-20(7-8-22(16)28-15-23(25)26)29-21-13-18(24)12-19(14-21)27-10-9-17-5-3-2-4-6-17/h7-8,11-14,17H,2-6,9-10,15H2,1H3,(H,25,26). The van der Waals surface area contributed by atoms with Crippen molar-refractivity contribution in [2.45, 2.75) is 55.2 Å². The number of rotatable bonds is 9. The van der Waals surface area contributed by atoms with Crippen molar-refractivity contribution in [1.29, 1.82) is 0 Å². The van der Waals surface area contributed by atoms with Gasteiger partial charge in [0.15, 0.2) is 6.61 Å². The topological polar surface area (TPSA) is 55.8 Å². The van der Waals surface area contributed by atoms with Crippen LogP contribution >= 0.6 is 27.7 Å². The lowest BCUT2D eigenvalue weighted by molar-refractivity contribution is -0.139. The number of carboxylic acids is 1. The molecule has 156 valence electrons. The van der Waals surface area contributed by atoms with Crippen molar-refractivity contribution in [3.63, 3.8) is 0 Å². The minimum atomic E-state index is -0.979. The Hall–Kier alpha value is -1.66. The van der Waals surface area contributed by atoms with Crippen LogP contribution in [0.3, 0.4) is 0 Å². The third kappa shape index (κ3) is 7.27. The summed E-state index contributed by atoms with van der Waals surface area (Å²) in [6, 6.07) is 11.9. The van der Waals surface area contributed by atoms with Gasteiger partial charge >= 0.3 is 5.97 Å². The van der Waals surface area contributed by atoms with E-state index in [2.05, 4.69) is 28.1 Å². The van der Waals surface area contributed by atoms with Crippen LogP contribution in [0, 0.1) is 12.8 Å². The Labute approximate surface area is 185 Å². The summed E-state index contributed by atoms with van der Waals surface area (Å²) in [4.78, 5) is 12.8. The van der Waals surface area contributed by atoms with Crippen LogP contribution < -0.4 is 9.47 Å². The summed E-state index contributed by atoms with van der Waals surface area (Å²) in [5, 5.41) is 8.76. The fourth-order valence-corrected chi connectivity index (χ4v) is 5.25. The number of halogens is 1. The SMILES string of the molecule is Cc1cc(Sc2cc(Br)cc(OCCC3CCCCC3)c2)ccc1OCC(=O)O. The normalized spacial score (nSPS) is 14.6. The van der Waals surface area contributed by atoms with E-state index >= 15 is 0 Å². The maximum atomic E-state index is 10.7. The Morgan fingerprint density at radius 3 is 2.62 bits per heavy atom. The van der Waals surface area contributed by atoms with Gasteiger partial charge in [-0.25, -0.2) is 4.79 Å². The molecule has 2 aromatic rings. The number of hydrogen-bond donors (Lipinski definition) is 1. The van der Waals surface area contributed by atoms with Gasteiger partial charge in [-0.2, -0.15) is 0 Å². The molecule has 1 aliphatic rings. The number of aliphatic carboxylic acids is 1. The highest BCUT2D eigenvalue weighted by molar-refractivity contribution is 9.10. The minimum absolute atomic E-state index is 0.333. The van der Waals surface area contributed by atoms with Crippen molar-refractivity contribution in [2.24, 2.45) is 5.92 Å². The molecule has 0 atom stereocenters. The van der Waals surface area contributed by atoms with Crippen LogP contribution in [-0.2, 0) is 4.79 Å². The lowest BCUT2D eigenvalue weighted by atomic mass is 9.87. The molecule has 0 aliphatic heterocycles. The minimum Gasteiger partial charge on any atom is -0.494 e. The molecule has 4 nitrogen and oxygen atoms in total. The molecule has 0 aromatic heterocycles. The van der Waals surface area contributed by atoms with E-state index in [0.717, 1.165) is 44.5 Å². The molecule has 1 fully saturated rings. The van der Waals surface area contributed by atoms with Crippen molar-refractivity contribution in [3.05, 3.63) is 46.4 Å². The Morgan fingerprint density at radius 2 is 1.90 bits per heavy atom. The number of hydrogen-bond acceptors (Lipinski definition) is 4. The molecule has 29 heavy (non-hydrogen) atoms. The molecule has 2 aromatic carbocycles. The number of ether oxygens (including phenoxy) is 2. The van der Waals surface area contributed by atoms with E-state index in [4.69, 9.17) is 14.6 Å². The zero-order chi connectivity index (χ0) is 20.6. The zero-order valence-corrected chi connectivity index (χ0v) is 19.1. The summed E-state index contributed by atoms with van der Waals surface area (Å²) in [7, 11) is 0. The Kier molecular flexibility index (Phi) is 8.30. The Bertz CT molecular complexity index is 834. The van der Waals surface area contributed by atoms with Gasteiger partial charge in [0.1, 0.15) is 11.5 Å². The summed E-state index contributed by atoms with van der Waals surface area (Å²) in [6.45, 7) is 2.35. The van der Waals surface area contributed by atoms with E-state index in [9.17, 15) is 4.79 Å². The molecule has 3 rings (SSSR count). The van der Waals surface area contributed by atoms with Crippen LogP contribution in [0.5, 0.6) is 11.5 Å². The fourth-order valence-electron chi connectivity index (χ4n) is 3.62. The highest BCUT2D eigenvalue weighted by atomic mass is 79.9. The van der Waals surface area contributed by atoms with Crippen molar-refractivity contribution in [2.75, 3.05) is 13.2 Å². The second-order valence-corrected chi connectivity index (χ2v) is 9.54.